The third-order valence-electron chi connectivity index (χ3n) is 3.75. The Hall–Kier alpha value is -1.03. The highest BCUT2D eigenvalue weighted by atomic mass is 79.9. The van der Waals surface area contributed by atoms with Crippen LogP contribution in [0, 0.1) is 5.41 Å². The fourth-order valence-electron chi connectivity index (χ4n) is 2.61. The van der Waals surface area contributed by atoms with Crippen molar-refractivity contribution in [3.63, 3.8) is 0 Å². The molecule has 8 heteroatoms. The molecule has 1 unspecified atom stereocenters. The van der Waals surface area contributed by atoms with E-state index in [-0.39, 0.29) is 22.8 Å². The van der Waals surface area contributed by atoms with E-state index in [4.69, 9.17) is 15.9 Å². The molecule has 1 aromatic carbocycles. The number of aliphatic hydroxyl groups excluding tert-OH is 4. The average molecular weight is 377 g/mol. The molecular formula is C14H21BrN2O5. The first-order chi connectivity index (χ1) is 9.97. The summed E-state index contributed by atoms with van der Waals surface area (Å²) in [7, 11) is 0. The van der Waals surface area contributed by atoms with E-state index in [1.807, 2.05) is 0 Å². The number of rotatable bonds is 4. The minimum Gasteiger partial charge on any atom is -0.394 e. The molecule has 22 heavy (non-hydrogen) atoms. The van der Waals surface area contributed by atoms with Crippen LogP contribution < -0.4 is 5.73 Å². The van der Waals surface area contributed by atoms with Gasteiger partial charge in [-0.05, 0) is 5.56 Å². The molecule has 1 aliphatic heterocycles. The molecular weight excluding hydrogens is 356 g/mol. The fraction of sp³-hybridized carbons (Fsp3) is 0.500. The maximum Gasteiger partial charge on any atom is 0.111 e. The van der Waals surface area contributed by atoms with Gasteiger partial charge in [0.05, 0.1) is 12.5 Å². The van der Waals surface area contributed by atoms with E-state index in [9.17, 15) is 20.4 Å². The minimum atomic E-state index is -1.48. The molecule has 6 atom stereocenters. The highest BCUT2D eigenvalue weighted by Crippen LogP contribution is 2.31. The van der Waals surface area contributed by atoms with Crippen LogP contribution in [0.5, 0.6) is 0 Å². The maximum absolute atomic E-state index is 10.1. The first-order valence-corrected chi connectivity index (χ1v) is 6.66. The average Bonchev–Trinajstić information content (AvgIpc) is 2.48. The Bertz CT molecular complexity index is 487. The SMILES string of the molecule is Br.N=C(N)C(c1ccccc1)[C@H]1O[C@H](CO)[C@@H](O)[C@H](O)[C@@H]1O. The summed E-state index contributed by atoms with van der Waals surface area (Å²) in [5.74, 6) is -1.01. The highest BCUT2D eigenvalue weighted by molar-refractivity contribution is 8.93. The lowest BCUT2D eigenvalue weighted by atomic mass is 9.83. The molecule has 1 fully saturated rings. The van der Waals surface area contributed by atoms with Gasteiger partial charge in [-0.25, -0.2) is 0 Å². The van der Waals surface area contributed by atoms with Crippen LogP contribution in [-0.2, 0) is 4.74 Å². The standard InChI is InChI=1S/C14H20N2O5.BrH/c15-14(16)9(7-4-2-1-3-5-7)13-12(20)11(19)10(18)8(6-17)21-13;/h1-5,8-13,17-20H,6H2,(H3,15,16);1H/t8-,9?,10-,11+,12+,13-;/m1./s1. The maximum atomic E-state index is 10.1. The Balaban J connectivity index is 0.00000242. The molecule has 0 aliphatic carbocycles. The molecule has 7 nitrogen and oxygen atoms in total. The third-order valence-corrected chi connectivity index (χ3v) is 3.75. The topological polar surface area (TPSA) is 140 Å². The summed E-state index contributed by atoms with van der Waals surface area (Å²) in [6, 6.07) is 8.78. The summed E-state index contributed by atoms with van der Waals surface area (Å²) in [5, 5.41) is 46.7. The summed E-state index contributed by atoms with van der Waals surface area (Å²) in [5.41, 5.74) is 6.26. The van der Waals surface area contributed by atoms with E-state index in [1.165, 1.54) is 0 Å². The van der Waals surface area contributed by atoms with Gasteiger partial charge in [0.25, 0.3) is 0 Å². The smallest absolute Gasteiger partial charge is 0.111 e. The molecule has 124 valence electrons. The largest absolute Gasteiger partial charge is 0.394 e. The highest BCUT2D eigenvalue weighted by Gasteiger charge is 2.47. The Kier molecular flexibility index (Phi) is 6.92. The van der Waals surface area contributed by atoms with Crippen molar-refractivity contribution in [2.45, 2.75) is 36.4 Å². The number of nitrogens with one attached hydrogen (secondary N) is 1. The van der Waals surface area contributed by atoms with Crippen LogP contribution in [0.15, 0.2) is 30.3 Å². The molecule has 0 spiro atoms. The van der Waals surface area contributed by atoms with Gasteiger partial charge in [-0.1, -0.05) is 30.3 Å². The number of halogens is 1. The van der Waals surface area contributed by atoms with Crippen LogP contribution in [0.4, 0.5) is 0 Å². The van der Waals surface area contributed by atoms with Crippen molar-refractivity contribution >= 4 is 22.8 Å². The van der Waals surface area contributed by atoms with E-state index < -0.39 is 43.0 Å². The molecule has 0 aromatic heterocycles. The van der Waals surface area contributed by atoms with Gasteiger partial charge in [0.1, 0.15) is 36.4 Å². The molecule has 1 saturated heterocycles. The summed E-state index contributed by atoms with van der Waals surface area (Å²) in [6.07, 6.45) is -6.37. The molecule has 1 heterocycles. The van der Waals surface area contributed by atoms with Crippen LogP contribution in [0.25, 0.3) is 0 Å². The van der Waals surface area contributed by atoms with Crippen LogP contribution in [0.1, 0.15) is 11.5 Å². The molecule has 2 rings (SSSR count). The van der Waals surface area contributed by atoms with Crippen molar-refractivity contribution in [1.29, 1.82) is 5.41 Å². The molecule has 1 aliphatic rings. The molecule has 0 amide bonds. The van der Waals surface area contributed by atoms with Crippen molar-refractivity contribution in [2.75, 3.05) is 6.61 Å². The lowest BCUT2D eigenvalue weighted by molar-refractivity contribution is -0.230. The second kappa shape index (κ2) is 8.00. The van der Waals surface area contributed by atoms with Crippen LogP contribution >= 0.6 is 17.0 Å². The lowest BCUT2D eigenvalue weighted by Crippen LogP contribution is -2.61. The Morgan fingerprint density at radius 2 is 1.73 bits per heavy atom. The number of aliphatic hydroxyl groups is 4. The van der Waals surface area contributed by atoms with E-state index in [1.54, 1.807) is 30.3 Å². The first kappa shape index (κ1) is 19.0. The minimum absolute atomic E-state index is 0. The lowest BCUT2D eigenvalue weighted by Gasteiger charge is -2.43. The van der Waals surface area contributed by atoms with Gasteiger partial charge in [0, 0.05) is 0 Å². The van der Waals surface area contributed by atoms with Crippen LogP contribution in [-0.4, -0.2) is 63.4 Å². The van der Waals surface area contributed by atoms with Crippen molar-refractivity contribution in [1.82, 2.24) is 0 Å². The van der Waals surface area contributed by atoms with Crippen molar-refractivity contribution in [3.05, 3.63) is 35.9 Å². The number of ether oxygens (including phenoxy) is 1. The van der Waals surface area contributed by atoms with Crippen LogP contribution in [0.2, 0.25) is 0 Å². The second-order valence-corrected chi connectivity index (χ2v) is 5.14. The Morgan fingerprint density at radius 1 is 1.14 bits per heavy atom. The summed E-state index contributed by atoms with van der Waals surface area (Å²) < 4.78 is 5.48. The van der Waals surface area contributed by atoms with Crippen LogP contribution in [0.3, 0.4) is 0 Å². The fourth-order valence-corrected chi connectivity index (χ4v) is 2.61. The number of benzene rings is 1. The molecule has 1 aromatic rings. The number of amidine groups is 1. The predicted octanol–water partition coefficient (Wildman–Crippen LogP) is -0.874. The zero-order valence-corrected chi connectivity index (χ0v) is 13.5. The van der Waals surface area contributed by atoms with Crippen molar-refractivity contribution < 1.29 is 25.2 Å². The van der Waals surface area contributed by atoms with Gasteiger partial charge in [-0.15, -0.1) is 17.0 Å². The van der Waals surface area contributed by atoms with E-state index in [0.29, 0.717) is 5.56 Å². The van der Waals surface area contributed by atoms with Gasteiger partial charge >= 0.3 is 0 Å². The summed E-state index contributed by atoms with van der Waals surface area (Å²) in [6.45, 7) is -0.513. The molecule has 0 saturated carbocycles. The Labute approximate surface area is 138 Å². The van der Waals surface area contributed by atoms with Gasteiger partial charge in [0.2, 0.25) is 0 Å². The summed E-state index contributed by atoms with van der Waals surface area (Å²) in [4.78, 5) is 0. The number of hydrogen-bond acceptors (Lipinski definition) is 6. The Morgan fingerprint density at radius 3 is 2.23 bits per heavy atom. The zero-order valence-electron chi connectivity index (χ0n) is 11.7. The van der Waals surface area contributed by atoms with Gasteiger partial charge < -0.3 is 30.9 Å². The summed E-state index contributed by atoms with van der Waals surface area (Å²) >= 11 is 0. The third kappa shape index (κ3) is 3.65. The van der Waals surface area contributed by atoms with E-state index in [0.717, 1.165) is 0 Å². The van der Waals surface area contributed by atoms with Gasteiger partial charge in [-0.3, -0.25) is 5.41 Å². The van der Waals surface area contributed by atoms with Crippen molar-refractivity contribution in [3.8, 4) is 0 Å². The molecule has 7 N–H and O–H groups in total. The van der Waals surface area contributed by atoms with E-state index >= 15 is 0 Å². The molecule has 0 bridgehead atoms. The number of hydrogen-bond donors (Lipinski definition) is 6. The normalized spacial score (nSPS) is 32.8. The van der Waals surface area contributed by atoms with Gasteiger partial charge in [0.15, 0.2) is 0 Å². The molecule has 0 radical (unpaired) electrons. The van der Waals surface area contributed by atoms with Gasteiger partial charge in [-0.2, -0.15) is 0 Å². The van der Waals surface area contributed by atoms with Crippen molar-refractivity contribution in [2.24, 2.45) is 5.73 Å². The van der Waals surface area contributed by atoms with E-state index in [2.05, 4.69) is 0 Å². The zero-order chi connectivity index (χ0) is 15.6. The quantitative estimate of drug-likeness (QED) is 0.298. The predicted molar refractivity (Wildman–Crippen MR) is 85.2 cm³/mol. The second-order valence-electron chi connectivity index (χ2n) is 5.14. The number of nitrogens with two attached hydrogens (primary N) is 1. The monoisotopic (exact) mass is 376 g/mol. The first-order valence-electron chi connectivity index (χ1n) is 6.66.